The Hall–Kier alpha value is -1.88. The van der Waals surface area contributed by atoms with Crippen molar-refractivity contribution in [2.45, 2.75) is 19.4 Å². The topological polar surface area (TPSA) is 29.5 Å². The standard InChI is InChI=1S/C15H14FNO2S/c1-2-11-9-17(15(18)19-11)10-5-6-12(13(16)8-10)14-4-3-7-20-14/h3-8,11H,2,9H2,1H3. The van der Waals surface area contributed by atoms with Gasteiger partial charge in [-0.3, -0.25) is 4.90 Å². The van der Waals surface area contributed by atoms with Crippen LogP contribution in [0.5, 0.6) is 0 Å². The van der Waals surface area contributed by atoms with Crippen molar-refractivity contribution in [3.63, 3.8) is 0 Å². The number of anilines is 1. The number of carbonyl (C=O) groups excluding carboxylic acids is 1. The largest absolute Gasteiger partial charge is 0.444 e. The molecule has 0 bridgehead atoms. The number of benzene rings is 1. The molecule has 0 saturated carbocycles. The maximum Gasteiger partial charge on any atom is 0.414 e. The van der Waals surface area contributed by atoms with Crippen LogP contribution in [0.15, 0.2) is 35.7 Å². The van der Waals surface area contributed by atoms with Gasteiger partial charge in [-0.05, 0) is 36.1 Å². The first-order valence-electron chi connectivity index (χ1n) is 6.50. The number of amides is 1. The smallest absolute Gasteiger partial charge is 0.414 e. The van der Waals surface area contributed by atoms with Crippen molar-refractivity contribution in [1.29, 1.82) is 0 Å². The third-order valence-corrected chi connectivity index (χ3v) is 4.28. The lowest BCUT2D eigenvalue weighted by Crippen LogP contribution is -2.24. The molecule has 2 heterocycles. The molecule has 1 unspecified atom stereocenters. The van der Waals surface area contributed by atoms with Gasteiger partial charge in [-0.25, -0.2) is 9.18 Å². The summed E-state index contributed by atoms with van der Waals surface area (Å²) in [7, 11) is 0. The minimum absolute atomic E-state index is 0.109. The van der Waals surface area contributed by atoms with Crippen LogP contribution < -0.4 is 4.90 Å². The molecule has 1 fully saturated rings. The molecule has 1 aliphatic rings. The number of halogens is 1. The van der Waals surface area contributed by atoms with Gasteiger partial charge in [0.15, 0.2) is 0 Å². The summed E-state index contributed by atoms with van der Waals surface area (Å²) >= 11 is 1.49. The van der Waals surface area contributed by atoms with Gasteiger partial charge in [0.2, 0.25) is 0 Å². The normalized spacial score (nSPS) is 18.4. The Morgan fingerprint density at radius 3 is 2.90 bits per heavy atom. The molecular formula is C15H14FNO2S. The molecule has 0 N–H and O–H groups in total. The highest BCUT2D eigenvalue weighted by Gasteiger charge is 2.31. The Morgan fingerprint density at radius 2 is 2.30 bits per heavy atom. The molecule has 2 aromatic rings. The van der Waals surface area contributed by atoms with Crippen LogP contribution in [0.2, 0.25) is 0 Å². The van der Waals surface area contributed by atoms with Gasteiger partial charge in [-0.1, -0.05) is 13.0 Å². The highest BCUT2D eigenvalue weighted by Crippen LogP contribution is 2.31. The van der Waals surface area contributed by atoms with Crippen LogP contribution in [0.25, 0.3) is 10.4 Å². The van der Waals surface area contributed by atoms with Crippen molar-refractivity contribution in [2.24, 2.45) is 0 Å². The van der Waals surface area contributed by atoms with Crippen molar-refractivity contribution in [2.75, 3.05) is 11.4 Å². The number of nitrogens with zero attached hydrogens (tertiary/aromatic N) is 1. The van der Waals surface area contributed by atoms with Crippen molar-refractivity contribution < 1.29 is 13.9 Å². The lowest BCUT2D eigenvalue weighted by molar-refractivity contribution is 0.139. The zero-order chi connectivity index (χ0) is 14.1. The molecule has 5 heteroatoms. The highest BCUT2D eigenvalue weighted by atomic mass is 32.1. The molecule has 3 nitrogen and oxygen atoms in total. The van der Waals surface area contributed by atoms with Crippen LogP contribution >= 0.6 is 11.3 Å². The first kappa shape index (κ1) is 13.1. The number of thiophene rings is 1. The summed E-state index contributed by atoms with van der Waals surface area (Å²) in [5.74, 6) is -0.322. The van der Waals surface area contributed by atoms with E-state index in [9.17, 15) is 9.18 Å². The minimum Gasteiger partial charge on any atom is -0.444 e. The lowest BCUT2D eigenvalue weighted by Gasteiger charge is -2.13. The number of ether oxygens (including phenoxy) is 1. The van der Waals surface area contributed by atoms with Crippen molar-refractivity contribution in [3.8, 4) is 10.4 Å². The Bertz CT molecular complexity index is 627. The molecular weight excluding hydrogens is 277 g/mol. The zero-order valence-corrected chi connectivity index (χ0v) is 11.8. The average Bonchev–Trinajstić information content (AvgIpc) is 3.07. The number of hydrogen-bond acceptors (Lipinski definition) is 3. The summed E-state index contributed by atoms with van der Waals surface area (Å²) in [4.78, 5) is 14.1. The number of hydrogen-bond donors (Lipinski definition) is 0. The monoisotopic (exact) mass is 291 g/mol. The fourth-order valence-corrected chi connectivity index (χ4v) is 3.00. The Balaban J connectivity index is 1.89. The van der Waals surface area contributed by atoms with Gasteiger partial charge in [-0.15, -0.1) is 11.3 Å². The third kappa shape index (κ3) is 2.29. The molecule has 1 atom stereocenters. The minimum atomic E-state index is -0.403. The van der Waals surface area contributed by atoms with Gasteiger partial charge in [0, 0.05) is 10.4 Å². The van der Waals surface area contributed by atoms with Gasteiger partial charge in [0.1, 0.15) is 11.9 Å². The molecule has 104 valence electrons. The maximum absolute atomic E-state index is 14.2. The molecule has 1 aliphatic heterocycles. The van der Waals surface area contributed by atoms with Crippen LogP contribution in [0.4, 0.5) is 14.9 Å². The van der Waals surface area contributed by atoms with Crippen molar-refractivity contribution in [1.82, 2.24) is 0 Å². The first-order valence-corrected chi connectivity index (χ1v) is 7.38. The van der Waals surface area contributed by atoms with E-state index >= 15 is 0 Å². The SMILES string of the molecule is CCC1CN(c2ccc(-c3cccs3)c(F)c2)C(=O)O1. The second-order valence-electron chi connectivity index (χ2n) is 4.67. The molecule has 0 radical (unpaired) electrons. The van der Waals surface area contributed by atoms with Gasteiger partial charge in [-0.2, -0.15) is 0 Å². The summed E-state index contributed by atoms with van der Waals surface area (Å²) in [6.45, 7) is 2.44. The van der Waals surface area contributed by atoms with Gasteiger partial charge < -0.3 is 4.74 Å². The highest BCUT2D eigenvalue weighted by molar-refractivity contribution is 7.13. The third-order valence-electron chi connectivity index (χ3n) is 3.38. The Labute approximate surface area is 120 Å². The van der Waals surface area contributed by atoms with E-state index in [2.05, 4.69) is 0 Å². The van der Waals surface area contributed by atoms with Crippen LogP contribution in [0, 0.1) is 5.82 Å². The molecule has 1 amide bonds. The predicted molar refractivity (Wildman–Crippen MR) is 77.6 cm³/mol. The molecule has 0 aliphatic carbocycles. The van der Waals surface area contributed by atoms with Crippen LogP contribution in [0.3, 0.4) is 0 Å². The fraction of sp³-hybridized carbons (Fsp3) is 0.267. The van der Waals surface area contributed by atoms with Crippen LogP contribution in [-0.2, 0) is 4.74 Å². The average molecular weight is 291 g/mol. The second-order valence-corrected chi connectivity index (χ2v) is 5.61. The van der Waals surface area contributed by atoms with E-state index in [1.807, 2.05) is 24.4 Å². The van der Waals surface area contributed by atoms with E-state index in [-0.39, 0.29) is 11.9 Å². The summed E-state index contributed by atoms with van der Waals surface area (Å²) in [6, 6.07) is 8.63. The predicted octanol–water partition coefficient (Wildman–Crippen LogP) is 4.29. The van der Waals surface area contributed by atoms with E-state index in [4.69, 9.17) is 4.74 Å². The second kappa shape index (κ2) is 5.25. The molecule has 0 spiro atoms. The summed E-state index contributed by atoms with van der Waals surface area (Å²) in [6.07, 6.45) is 0.250. The van der Waals surface area contributed by atoms with E-state index < -0.39 is 6.09 Å². The summed E-state index contributed by atoms with van der Waals surface area (Å²) in [5, 5.41) is 1.91. The lowest BCUT2D eigenvalue weighted by atomic mass is 10.1. The van der Waals surface area contributed by atoms with E-state index in [1.165, 1.54) is 22.3 Å². The van der Waals surface area contributed by atoms with Crippen LogP contribution in [0.1, 0.15) is 13.3 Å². The van der Waals surface area contributed by atoms with Gasteiger partial charge in [0.25, 0.3) is 0 Å². The molecule has 1 aromatic carbocycles. The first-order chi connectivity index (χ1) is 9.69. The van der Waals surface area contributed by atoms with Crippen LogP contribution in [-0.4, -0.2) is 18.7 Å². The zero-order valence-electron chi connectivity index (χ0n) is 11.0. The summed E-state index contributed by atoms with van der Waals surface area (Å²) in [5.41, 5.74) is 1.10. The van der Waals surface area contributed by atoms with E-state index in [1.54, 1.807) is 12.1 Å². The fourth-order valence-electron chi connectivity index (χ4n) is 2.25. The Kier molecular flexibility index (Phi) is 3.44. The maximum atomic E-state index is 14.2. The van der Waals surface area contributed by atoms with E-state index in [0.29, 0.717) is 17.8 Å². The van der Waals surface area contributed by atoms with Crippen molar-refractivity contribution in [3.05, 3.63) is 41.5 Å². The number of rotatable bonds is 3. The Morgan fingerprint density at radius 1 is 1.45 bits per heavy atom. The van der Waals surface area contributed by atoms with Crippen molar-refractivity contribution >= 4 is 23.1 Å². The molecule has 20 heavy (non-hydrogen) atoms. The van der Waals surface area contributed by atoms with Gasteiger partial charge in [0.05, 0.1) is 12.2 Å². The molecule has 1 aromatic heterocycles. The number of cyclic esters (lactones) is 1. The molecule has 1 saturated heterocycles. The van der Waals surface area contributed by atoms with E-state index in [0.717, 1.165) is 11.3 Å². The number of carbonyl (C=O) groups is 1. The molecule has 3 rings (SSSR count). The summed E-state index contributed by atoms with van der Waals surface area (Å²) < 4.78 is 19.4. The van der Waals surface area contributed by atoms with Gasteiger partial charge >= 0.3 is 6.09 Å². The quantitative estimate of drug-likeness (QED) is 0.844.